The first-order valence-electron chi connectivity index (χ1n) is 24.6. The Morgan fingerprint density at radius 3 is 2.19 bits per heavy atom. The van der Waals surface area contributed by atoms with Gasteiger partial charge < -0.3 is 25.8 Å². The number of allylic oxidation sites excluding steroid dienone is 4. The molecular formula is C48H84N6O4. The van der Waals surface area contributed by atoms with E-state index >= 15 is 0 Å². The summed E-state index contributed by atoms with van der Waals surface area (Å²) in [6, 6.07) is 0.433. The Morgan fingerprint density at radius 1 is 0.776 bits per heavy atom. The van der Waals surface area contributed by atoms with Crippen LogP contribution in [0.4, 0.5) is 9.59 Å². The van der Waals surface area contributed by atoms with E-state index in [1.807, 2.05) is 9.80 Å². The van der Waals surface area contributed by atoms with Crippen LogP contribution in [0.25, 0.3) is 0 Å². The molecule has 3 heterocycles. The Hall–Kier alpha value is -2.59. The van der Waals surface area contributed by atoms with Gasteiger partial charge in [-0.3, -0.25) is 9.63 Å². The van der Waals surface area contributed by atoms with Gasteiger partial charge in [0, 0.05) is 51.7 Å². The van der Waals surface area contributed by atoms with Crippen molar-refractivity contribution in [3.63, 3.8) is 0 Å². The molecule has 4 fully saturated rings. The van der Waals surface area contributed by atoms with E-state index in [1.165, 1.54) is 109 Å². The Balaban J connectivity index is 1.24. The van der Waals surface area contributed by atoms with Crippen molar-refractivity contribution in [1.29, 1.82) is 0 Å². The molecule has 5 amide bonds. The van der Waals surface area contributed by atoms with E-state index in [9.17, 15) is 14.4 Å². The molecule has 3 saturated heterocycles. The average Bonchev–Trinajstić information content (AvgIpc) is 3.82. The molecule has 4 N–H and O–H groups in total. The second-order valence-electron chi connectivity index (χ2n) is 18.5. The highest BCUT2D eigenvalue weighted by molar-refractivity contribution is 5.80. The van der Waals surface area contributed by atoms with Crippen molar-refractivity contribution in [2.45, 2.75) is 187 Å². The predicted molar refractivity (Wildman–Crippen MR) is 236 cm³/mol. The molecule has 1 spiro atoms. The lowest BCUT2D eigenvalue weighted by Crippen LogP contribution is -2.56. The minimum Gasteiger partial charge on any atom is -0.356 e. The summed E-state index contributed by atoms with van der Waals surface area (Å²) in [6.07, 6.45) is 40.1. The van der Waals surface area contributed by atoms with E-state index in [-0.39, 0.29) is 35.4 Å². The minimum absolute atomic E-state index is 0.0251. The number of carbonyl (C=O) groups excluding carboxylic acids is 3. The van der Waals surface area contributed by atoms with Gasteiger partial charge in [0.2, 0.25) is 5.91 Å². The van der Waals surface area contributed by atoms with Crippen LogP contribution < -0.4 is 21.4 Å². The van der Waals surface area contributed by atoms with Crippen LogP contribution in [0.15, 0.2) is 24.3 Å². The van der Waals surface area contributed by atoms with Gasteiger partial charge in [0.05, 0.1) is 12.1 Å². The number of urea groups is 2. The summed E-state index contributed by atoms with van der Waals surface area (Å²) in [6.45, 7) is 9.75. The minimum atomic E-state index is -0.0312. The zero-order chi connectivity index (χ0) is 40.8. The number of hydrogen-bond donors (Lipinski definition) is 4. The molecule has 7 atom stereocenters. The number of nitrogens with one attached hydrogen (secondary N) is 4. The first kappa shape index (κ1) is 46.5. The molecule has 7 unspecified atom stereocenters. The molecule has 5 rings (SSSR count). The predicted octanol–water partition coefficient (Wildman–Crippen LogP) is 9.81. The maximum absolute atomic E-state index is 14.7. The summed E-state index contributed by atoms with van der Waals surface area (Å²) in [7, 11) is 0. The van der Waals surface area contributed by atoms with E-state index in [1.54, 1.807) is 0 Å². The van der Waals surface area contributed by atoms with Crippen LogP contribution in [-0.4, -0.2) is 85.7 Å². The summed E-state index contributed by atoms with van der Waals surface area (Å²) in [5.74, 6) is 1.74. The number of rotatable bonds is 27. The molecular weight excluding hydrogens is 725 g/mol. The SMILES string of the molecule is CCCCCC=CCC1C(CCCCCC)C=CC(CCCCCCCC2ONC2CCN2CCNC2=O)C12CCCCCCC2C(=O)NCCCN1CCNC1=O. The fourth-order valence-corrected chi connectivity index (χ4v) is 11.2. The molecule has 10 heteroatoms. The zero-order valence-corrected chi connectivity index (χ0v) is 36.9. The number of unbranched alkanes of at least 4 members (excludes halogenated alkanes) is 10. The van der Waals surface area contributed by atoms with Crippen molar-refractivity contribution in [3.8, 4) is 0 Å². The van der Waals surface area contributed by atoms with Crippen LogP contribution in [0.5, 0.6) is 0 Å². The van der Waals surface area contributed by atoms with E-state index in [4.69, 9.17) is 4.84 Å². The number of carbonyl (C=O) groups is 3. The van der Waals surface area contributed by atoms with E-state index in [2.05, 4.69) is 59.6 Å². The molecule has 0 aromatic carbocycles. The van der Waals surface area contributed by atoms with Gasteiger partial charge in [0.15, 0.2) is 0 Å². The van der Waals surface area contributed by atoms with Crippen molar-refractivity contribution in [1.82, 2.24) is 31.2 Å². The lowest BCUT2D eigenvalue weighted by molar-refractivity contribution is -0.174. The van der Waals surface area contributed by atoms with Gasteiger partial charge in [-0.15, -0.1) is 0 Å². The molecule has 2 aliphatic carbocycles. The van der Waals surface area contributed by atoms with Crippen molar-refractivity contribution < 1.29 is 19.2 Å². The number of nitrogens with zero attached hydrogens (tertiary/aromatic N) is 2. The largest absolute Gasteiger partial charge is 0.356 e. The lowest BCUT2D eigenvalue weighted by atomic mass is 9.48. The molecule has 0 bridgehead atoms. The molecule has 0 radical (unpaired) electrons. The average molecular weight is 809 g/mol. The van der Waals surface area contributed by atoms with Gasteiger partial charge in [0.25, 0.3) is 0 Å². The highest BCUT2D eigenvalue weighted by Gasteiger charge is 2.54. The van der Waals surface area contributed by atoms with Crippen LogP contribution in [0.3, 0.4) is 0 Å². The monoisotopic (exact) mass is 809 g/mol. The Morgan fingerprint density at radius 2 is 1.47 bits per heavy atom. The van der Waals surface area contributed by atoms with Crippen molar-refractivity contribution in [2.24, 2.45) is 29.1 Å². The topological polar surface area (TPSA) is 115 Å². The maximum atomic E-state index is 14.7. The molecule has 3 aliphatic heterocycles. The van der Waals surface area contributed by atoms with Crippen molar-refractivity contribution >= 4 is 18.0 Å². The molecule has 10 nitrogen and oxygen atoms in total. The Bertz CT molecular complexity index is 1280. The quantitative estimate of drug-likeness (QED) is 0.0488. The molecule has 5 aliphatic rings. The lowest BCUT2D eigenvalue weighted by Gasteiger charge is -2.55. The van der Waals surface area contributed by atoms with Gasteiger partial charge in [-0.25, -0.2) is 9.59 Å². The summed E-state index contributed by atoms with van der Waals surface area (Å²) < 4.78 is 0. The molecule has 0 aromatic rings. The van der Waals surface area contributed by atoms with Gasteiger partial charge in [0.1, 0.15) is 0 Å². The van der Waals surface area contributed by atoms with Gasteiger partial charge in [-0.2, -0.15) is 5.48 Å². The van der Waals surface area contributed by atoms with Crippen LogP contribution in [0.1, 0.15) is 174 Å². The smallest absolute Gasteiger partial charge is 0.317 e. The van der Waals surface area contributed by atoms with E-state index < -0.39 is 0 Å². The van der Waals surface area contributed by atoms with Gasteiger partial charge >= 0.3 is 12.1 Å². The number of hydroxylamine groups is 1. The summed E-state index contributed by atoms with van der Waals surface area (Å²) in [4.78, 5) is 48.4. The third kappa shape index (κ3) is 13.7. The maximum Gasteiger partial charge on any atom is 0.317 e. The fraction of sp³-hybridized carbons (Fsp3) is 0.854. The van der Waals surface area contributed by atoms with Crippen LogP contribution in [-0.2, 0) is 9.63 Å². The highest BCUT2D eigenvalue weighted by atomic mass is 16.7. The summed E-state index contributed by atoms with van der Waals surface area (Å²) >= 11 is 0. The second kappa shape index (κ2) is 25.9. The van der Waals surface area contributed by atoms with Crippen molar-refractivity contribution in [3.05, 3.63) is 24.3 Å². The first-order chi connectivity index (χ1) is 28.5. The standard InChI is InChI=1S/C48H84N6O4/c1-3-5-7-9-12-18-25-41-39(23-16-8-6-4-2)28-29-40(24-17-11-10-13-20-27-44-43(52-58-44)30-36-54-38-34-51-47(54)57)48(41)31-21-15-14-19-26-42(48)45(55)49-32-22-35-53-37-33-50-46(53)56/h12,18,28-29,39-44,52H,3-11,13-17,19-27,30-38H2,1-2H3,(H,49,55)(H,50,56)(H,51,57). The molecule has 1 saturated carbocycles. The number of amides is 5. The number of hydrogen-bond acceptors (Lipinski definition) is 5. The highest BCUT2D eigenvalue weighted by Crippen LogP contribution is 2.59. The van der Waals surface area contributed by atoms with Gasteiger partial charge in [-0.05, 0) is 87.4 Å². The molecule has 330 valence electrons. The first-order valence-corrected chi connectivity index (χ1v) is 24.6. The summed E-state index contributed by atoms with van der Waals surface area (Å²) in [5, 5.41) is 9.29. The van der Waals surface area contributed by atoms with E-state index in [0.29, 0.717) is 43.4 Å². The van der Waals surface area contributed by atoms with E-state index in [0.717, 1.165) is 77.5 Å². The zero-order valence-electron chi connectivity index (χ0n) is 36.9. The normalized spacial score (nSPS) is 28.8. The molecule has 0 aromatic heterocycles. The summed E-state index contributed by atoms with van der Waals surface area (Å²) in [5.41, 5.74) is 3.11. The Kier molecular flexibility index (Phi) is 20.8. The third-order valence-electron chi connectivity index (χ3n) is 14.6. The molecule has 58 heavy (non-hydrogen) atoms. The second-order valence-corrected chi connectivity index (χ2v) is 18.5. The Labute approximate surface area is 353 Å². The van der Waals surface area contributed by atoms with Crippen LogP contribution >= 0.6 is 0 Å². The van der Waals surface area contributed by atoms with Gasteiger partial charge in [-0.1, -0.05) is 134 Å². The van der Waals surface area contributed by atoms with Crippen molar-refractivity contribution in [2.75, 3.05) is 45.8 Å². The third-order valence-corrected chi connectivity index (χ3v) is 14.6. The van der Waals surface area contributed by atoms with Crippen LogP contribution in [0.2, 0.25) is 0 Å². The van der Waals surface area contributed by atoms with Crippen LogP contribution in [0, 0.1) is 29.1 Å². The fourth-order valence-electron chi connectivity index (χ4n) is 11.2.